The lowest BCUT2D eigenvalue weighted by atomic mass is 10.1. The highest BCUT2D eigenvalue weighted by Gasteiger charge is 2.63. The van der Waals surface area contributed by atoms with Crippen LogP contribution in [0.25, 0.3) is 5.57 Å². The smallest absolute Gasteiger partial charge is 0.409 e. The maximum absolute atomic E-state index is 13.0. The number of carboxylic acid groups (broad SMARTS) is 1. The Morgan fingerprint density at radius 2 is 1.97 bits per heavy atom. The summed E-state index contributed by atoms with van der Waals surface area (Å²) >= 11 is 1.09. The average molecular weight is 463 g/mol. The average Bonchev–Trinajstić information content (AvgIpc) is 3.27. The van der Waals surface area contributed by atoms with Crippen LogP contribution in [-0.2, 0) is 19.6 Å². The second-order valence-electron chi connectivity index (χ2n) is 7.56. The molecule has 1 aliphatic heterocycles. The molecule has 0 saturated heterocycles. The lowest BCUT2D eigenvalue weighted by Crippen LogP contribution is -2.44. The van der Waals surface area contributed by atoms with Gasteiger partial charge in [-0.05, 0) is 36.1 Å². The molecule has 2 unspecified atom stereocenters. The number of hydrogen-bond acceptors (Lipinski definition) is 6. The summed E-state index contributed by atoms with van der Waals surface area (Å²) in [6.45, 7) is 0.874. The van der Waals surface area contributed by atoms with E-state index in [1.807, 2.05) is 12.1 Å². The second kappa shape index (κ2) is 8.10. The summed E-state index contributed by atoms with van der Waals surface area (Å²) in [6.07, 6.45) is 2.27. The van der Waals surface area contributed by atoms with Crippen molar-refractivity contribution >= 4 is 39.0 Å². The van der Waals surface area contributed by atoms with Gasteiger partial charge in [0, 0.05) is 23.9 Å². The van der Waals surface area contributed by atoms with E-state index in [0.29, 0.717) is 19.5 Å². The van der Waals surface area contributed by atoms with Crippen LogP contribution in [0.5, 0.6) is 0 Å². The third-order valence-electron chi connectivity index (χ3n) is 5.67. The number of benzene rings is 1. The number of hydrogen-bond donors (Lipinski definition) is 2. The van der Waals surface area contributed by atoms with Crippen LogP contribution >= 0.6 is 11.3 Å². The van der Waals surface area contributed by atoms with Gasteiger partial charge in [0.15, 0.2) is 0 Å². The van der Waals surface area contributed by atoms with Gasteiger partial charge in [-0.15, -0.1) is 11.3 Å². The lowest BCUT2D eigenvalue weighted by Gasteiger charge is -2.24. The number of rotatable bonds is 6. The molecule has 2 aromatic rings. The first-order valence-corrected chi connectivity index (χ1v) is 12.0. The topological polar surface area (TPSA) is 113 Å². The second-order valence-corrected chi connectivity index (χ2v) is 10.6. The number of methoxy groups -OCH3 is 1. The Hall–Kier alpha value is -2.69. The van der Waals surface area contributed by atoms with Gasteiger partial charge in [-0.2, -0.15) is 4.72 Å². The molecule has 1 fully saturated rings. The molecule has 0 spiro atoms. The monoisotopic (exact) mass is 462 g/mol. The van der Waals surface area contributed by atoms with E-state index in [9.17, 15) is 23.1 Å². The third kappa shape index (κ3) is 4.10. The van der Waals surface area contributed by atoms with Gasteiger partial charge in [0.05, 0.1) is 7.11 Å². The van der Waals surface area contributed by atoms with Crippen LogP contribution in [0.4, 0.5) is 4.79 Å². The minimum atomic E-state index is -4.01. The molecule has 2 N–H and O–H groups in total. The zero-order valence-corrected chi connectivity index (χ0v) is 18.4. The molecule has 4 rings (SSSR count). The minimum absolute atomic E-state index is 0.0677. The van der Waals surface area contributed by atoms with Crippen molar-refractivity contribution in [3.63, 3.8) is 0 Å². The molecule has 8 nitrogen and oxygen atoms in total. The van der Waals surface area contributed by atoms with E-state index in [0.717, 1.165) is 27.4 Å². The van der Waals surface area contributed by atoms with Crippen LogP contribution < -0.4 is 4.72 Å². The maximum atomic E-state index is 13.0. The van der Waals surface area contributed by atoms with E-state index in [-0.39, 0.29) is 10.6 Å². The standard InChI is InChI=1S/C21H22N2O6S2/c1-29-20(26)23-11-9-15(10-12-23)17-7-8-18(30-17)31(27,28)22-21(19(24)25)13-16(21)14-5-3-2-4-6-14/h2-9,16,22H,10-13H2,1H3,(H,24,25). The molecule has 2 aliphatic rings. The van der Waals surface area contributed by atoms with Gasteiger partial charge in [0.25, 0.3) is 10.0 Å². The number of carbonyl (C=O) groups is 2. The van der Waals surface area contributed by atoms with Crippen molar-refractivity contribution in [3.8, 4) is 0 Å². The Bertz CT molecular complexity index is 1140. The molecule has 1 aromatic carbocycles. The fourth-order valence-corrected chi connectivity index (χ4v) is 6.64. The molecule has 1 aliphatic carbocycles. The van der Waals surface area contributed by atoms with Gasteiger partial charge in [-0.25, -0.2) is 13.2 Å². The Labute approximate surface area is 184 Å². The molecule has 0 radical (unpaired) electrons. The van der Waals surface area contributed by atoms with E-state index in [4.69, 9.17) is 4.74 Å². The summed E-state index contributed by atoms with van der Waals surface area (Å²) in [5.41, 5.74) is 0.213. The number of ether oxygens (including phenoxy) is 1. The largest absolute Gasteiger partial charge is 0.480 e. The van der Waals surface area contributed by atoms with E-state index < -0.39 is 33.5 Å². The van der Waals surface area contributed by atoms with Gasteiger partial charge in [-0.3, -0.25) is 4.79 Å². The van der Waals surface area contributed by atoms with Crippen molar-refractivity contribution in [1.82, 2.24) is 9.62 Å². The van der Waals surface area contributed by atoms with Gasteiger partial charge in [0.2, 0.25) is 0 Å². The fourth-order valence-electron chi connectivity index (χ4n) is 3.86. The van der Waals surface area contributed by atoms with E-state index in [1.54, 1.807) is 35.2 Å². The van der Waals surface area contributed by atoms with Gasteiger partial charge < -0.3 is 14.7 Å². The molecule has 0 bridgehead atoms. The molecular formula is C21H22N2O6S2. The first-order valence-electron chi connectivity index (χ1n) is 9.71. The molecular weight excluding hydrogens is 440 g/mol. The van der Waals surface area contributed by atoms with Crippen molar-refractivity contribution in [3.05, 3.63) is 59.0 Å². The number of aliphatic carboxylic acids is 1. The number of nitrogens with one attached hydrogen (secondary N) is 1. The van der Waals surface area contributed by atoms with Crippen molar-refractivity contribution in [2.75, 3.05) is 20.2 Å². The molecule has 10 heteroatoms. The number of sulfonamides is 1. The van der Waals surface area contributed by atoms with Gasteiger partial charge >= 0.3 is 12.1 Å². The fraction of sp³-hybridized carbons (Fsp3) is 0.333. The van der Waals surface area contributed by atoms with Crippen LogP contribution in [0.2, 0.25) is 0 Å². The first kappa shape index (κ1) is 21.5. The van der Waals surface area contributed by atoms with Crippen LogP contribution in [0.3, 0.4) is 0 Å². The normalized spacial score (nSPS) is 23.2. The summed E-state index contributed by atoms with van der Waals surface area (Å²) in [6, 6.07) is 12.3. The van der Waals surface area contributed by atoms with Crippen molar-refractivity contribution < 1.29 is 27.9 Å². The quantitative estimate of drug-likeness (QED) is 0.683. The van der Waals surface area contributed by atoms with E-state index in [2.05, 4.69) is 4.72 Å². The molecule has 1 aromatic heterocycles. The summed E-state index contributed by atoms with van der Waals surface area (Å²) < 4.78 is 33.2. The maximum Gasteiger partial charge on any atom is 0.409 e. The number of thiophene rings is 1. The Morgan fingerprint density at radius 3 is 2.58 bits per heavy atom. The molecule has 164 valence electrons. The zero-order chi connectivity index (χ0) is 22.2. The minimum Gasteiger partial charge on any atom is -0.480 e. The summed E-state index contributed by atoms with van der Waals surface area (Å²) in [5, 5.41) is 9.77. The summed E-state index contributed by atoms with van der Waals surface area (Å²) in [4.78, 5) is 25.9. The number of carboxylic acids is 1. The predicted molar refractivity (Wildman–Crippen MR) is 115 cm³/mol. The van der Waals surface area contributed by atoms with Crippen molar-refractivity contribution in [2.45, 2.75) is 28.5 Å². The molecule has 1 saturated carbocycles. The predicted octanol–water partition coefficient (Wildman–Crippen LogP) is 2.89. The van der Waals surface area contributed by atoms with Gasteiger partial charge in [-0.1, -0.05) is 36.4 Å². The van der Waals surface area contributed by atoms with Crippen LogP contribution in [0, 0.1) is 0 Å². The van der Waals surface area contributed by atoms with Crippen molar-refractivity contribution in [1.29, 1.82) is 0 Å². The van der Waals surface area contributed by atoms with Crippen LogP contribution in [0.1, 0.15) is 29.2 Å². The molecule has 2 atom stereocenters. The number of nitrogens with zero attached hydrogens (tertiary/aromatic N) is 1. The first-order chi connectivity index (χ1) is 14.8. The SMILES string of the molecule is COC(=O)N1CC=C(c2ccc(S(=O)(=O)NC3(C(=O)O)CC3c3ccccc3)s2)CC1. The van der Waals surface area contributed by atoms with Gasteiger partial charge in [0.1, 0.15) is 9.75 Å². The lowest BCUT2D eigenvalue weighted by molar-refractivity contribution is -0.140. The van der Waals surface area contributed by atoms with E-state index >= 15 is 0 Å². The Kier molecular flexibility index (Phi) is 5.63. The van der Waals surface area contributed by atoms with Crippen molar-refractivity contribution in [2.24, 2.45) is 0 Å². The highest BCUT2D eigenvalue weighted by molar-refractivity contribution is 7.91. The summed E-state index contributed by atoms with van der Waals surface area (Å²) in [7, 11) is -2.68. The highest BCUT2D eigenvalue weighted by atomic mass is 32.2. The molecule has 1 amide bonds. The summed E-state index contributed by atoms with van der Waals surface area (Å²) in [5.74, 6) is -1.59. The van der Waals surface area contributed by atoms with Crippen LogP contribution in [0.15, 0.2) is 52.7 Å². The zero-order valence-electron chi connectivity index (χ0n) is 16.8. The molecule has 2 heterocycles. The number of carbonyl (C=O) groups excluding carboxylic acids is 1. The Morgan fingerprint density at radius 1 is 1.23 bits per heavy atom. The highest BCUT2D eigenvalue weighted by Crippen LogP contribution is 2.52. The van der Waals surface area contributed by atoms with Crippen LogP contribution in [-0.4, -0.2) is 56.2 Å². The molecule has 31 heavy (non-hydrogen) atoms. The third-order valence-corrected chi connectivity index (χ3v) is 8.83. The van der Waals surface area contributed by atoms with E-state index in [1.165, 1.54) is 13.2 Å². The number of amides is 1. The Balaban J connectivity index is 1.51.